The van der Waals surface area contributed by atoms with Crippen LogP contribution in [0.1, 0.15) is 29.9 Å². The Morgan fingerprint density at radius 3 is 2.89 bits per heavy atom. The standard InChI is InChI=1S/C14H18N2O2/c1-5-12(10(2)3)16-9-13-11(14(17)18-4)7-6-8-15-13/h1,6-8,10,12,16H,9H2,2-4H3. The number of esters is 1. The number of aromatic nitrogens is 1. The van der Waals surface area contributed by atoms with E-state index in [9.17, 15) is 4.79 Å². The fourth-order valence-corrected chi connectivity index (χ4v) is 1.57. The Hall–Kier alpha value is -1.86. The van der Waals surface area contributed by atoms with E-state index in [0.717, 1.165) is 0 Å². The van der Waals surface area contributed by atoms with Gasteiger partial charge in [0.25, 0.3) is 0 Å². The van der Waals surface area contributed by atoms with E-state index in [0.29, 0.717) is 23.7 Å². The summed E-state index contributed by atoms with van der Waals surface area (Å²) in [6.07, 6.45) is 7.08. The van der Waals surface area contributed by atoms with Crippen molar-refractivity contribution in [3.8, 4) is 12.3 Å². The minimum Gasteiger partial charge on any atom is -0.465 e. The number of methoxy groups -OCH3 is 1. The summed E-state index contributed by atoms with van der Waals surface area (Å²) in [5.41, 5.74) is 1.11. The van der Waals surface area contributed by atoms with Crippen molar-refractivity contribution in [2.24, 2.45) is 5.92 Å². The van der Waals surface area contributed by atoms with Gasteiger partial charge in [-0.15, -0.1) is 6.42 Å². The number of hydrogen-bond donors (Lipinski definition) is 1. The summed E-state index contributed by atoms with van der Waals surface area (Å²) in [4.78, 5) is 15.7. The van der Waals surface area contributed by atoms with Crippen LogP contribution in [-0.2, 0) is 11.3 Å². The maximum Gasteiger partial charge on any atom is 0.339 e. The van der Waals surface area contributed by atoms with E-state index in [1.165, 1.54) is 7.11 Å². The molecule has 18 heavy (non-hydrogen) atoms. The predicted molar refractivity (Wildman–Crippen MR) is 69.9 cm³/mol. The van der Waals surface area contributed by atoms with Gasteiger partial charge in [0, 0.05) is 12.7 Å². The van der Waals surface area contributed by atoms with Crippen LogP contribution < -0.4 is 5.32 Å². The summed E-state index contributed by atoms with van der Waals surface area (Å²) >= 11 is 0. The number of carbonyl (C=O) groups excluding carboxylic acids is 1. The van der Waals surface area contributed by atoms with Gasteiger partial charge in [0.05, 0.1) is 24.4 Å². The van der Waals surface area contributed by atoms with Crippen LogP contribution in [0.4, 0.5) is 0 Å². The highest BCUT2D eigenvalue weighted by atomic mass is 16.5. The highest BCUT2D eigenvalue weighted by Gasteiger charge is 2.14. The fourth-order valence-electron chi connectivity index (χ4n) is 1.57. The normalized spacial score (nSPS) is 11.9. The number of pyridine rings is 1. The molecule has 4 heteroatoms. The van der Waals surface area contributed by atoms with Crippen molar-refractivity contribution < 1.29 is 9.53 Å². The monoisotopic (exact) mass is 246 g/mol. The SMILES string of the molecule is C#CC(NCc1ncccc1C(=O)OC)C(C)C. The van der Waals surface area contributed by atoms with Crippen molar-refractivity contribution in [3.05, 3.63) is 29.6 Å². The van der Waals surface area contributed by atoms with Gasteiger partial charge < -0.3 is 4.74 Å². The Morgan fingerprint density at radius 2 is 2.33 bits per heavy atom. The Bertz CT molecular complexity index is 449. The molecular formula is C14H18N2O2. The maximum absolute atomic E-state index is 11.6. The molecule has 96 valence electrons. The first-order valence-electron chi connectivity index (χ1n) is 5.81. The first-order chi connectivity index (χ1) is 8.60. The van der Waals surface area contributed by atoms with Crippen molar-refractivity contribution >= 4 is 5.97 Å². The molecule has 4 nitrogen and oxygen atoms in total. The summed E-state index contributed by atoms with van der Waals surface area (Å²) in [7, 11) is 1.35. The maximum atomic E-state index is 11.6. The van der Waals surface area contributed by atoms with Crippen LogP contribution in [0.5, 0.6) is 0 Å². The molecule has 1 heterocycles. The average Bonchev–Trinajstić information content (AvgIpc) is 2.38. The van der Waals surface area contributed by atoms with Crippen molar-refractivity contribution in [2.45, 2.75) is 26.4 Å². The van der Waals surface area contributed by atoms with Crippen molar-refractivity contribution in [3.63, 3.8) is 0 Å². The molecule has 0 aliphatic heterocycles. The van der Waals surface area contributed by atoms with Crippen LogP contribution >= 0.6 is 0 Å². The first-order valence-corrected chi connectivity index (χ1v) is 5.81. The van der Waals surface area contributed by atoms with Crippen LogP contribution in [0.2, 0.25) is 0 Å². The molecule has 0 aromatic carbocycles. The summed E-state index contributed by atoms with van der Waals surface area (Å²) in [5, 5.41) is 3.20. The fraction of sp³-hybridized carbons (Fsp3) is 0.429. The van der Waals surface area contributed by atoms with E-state index in [4.69, 9.17) is 11.2 Å². The highest BCUT2D eigenvalue weighted by Crippen LogP contribution is 2.08. The summed E-state index contributed by atoms with van der Waals surface area (Å²) in [6, 6.07) is 3.35. The molecule has 1 atom stereocenters. The number of hydrogen-bond acceptors (Lipinski definition) is 4. The molecule has 0 saturated heterocycles. The predicted octanol–water partition coefficient (Wildman–Crippen LogP) is 1.62. The molecule has 0 amide bonds. The number of nitrogens with zero attached hydrogens (tertiary/aromatic N) is 1. The van der Waals surface area contributed by atoms with E-state index in [1.807, 2.05) is 13.8 Å². The van der Waals surface area contributed by atoms with Crippen molar-refractivity contribution in [1.82, 2.24) is 10.3 Å². The molecule has 1 unspecified atom stereocenters. The zero-order valence-electron chi connectivity index (χ0n) is 10.9. The number of ether oxygens (including phenoxy) is 1. The van der Waals surface area contributed by atoms with Crippen LogP contribution in [0, 0.1) is 18.3 Å². The van der Waals surface area contributed by atoms with E-state index in [-0.39, 0.29) is 12.0 Å². The van der Waals surface area contributed by atoms with Crippen molar-refractivity contribution in [2.75, 3.05) is 7.11 Å². The molecule has 0 aliphatic carbocycles. The molecule has 0 aliphatic rings. The van der Waals surface area contributed by atoms with Gasteiger partial charge in [-0.05, 0) is 18.1 Å². The number of nitrogens with one attached hydrogen (secondary N) is 1. The summed E-state index contributed by atoms with van der Waals surface area (Å²) in [5.74, 6) is 2.61. The largest absolute Gasteiger partial charge is 0.465 e. The molecular weight excluding hydrogens is 228 g/mol. The molecule has 1 rings (SSSR count). The Labute approximate surface area is 108 Å². The number of rotatable bonds is 5. The lowest BCUT2D eigenvalue weighted by Gasteiger charge is -2.17. The highest BCUT2D eigenvalue weighted by molar-refractivity contribution is 5.90. The second kappa shape index (κ2) is 6.77. The molecule has 0 radical (unpaired) electrons. The van der Waals surface area contributed by atoms with Gasteiger partial charge in [-0.2, -0.15) is 0 Å². The molecule has 0 fully saturated rings. The van der Waals surface area contributed by atoms with Crippen molar-refractivity contribution in [1.29, 1.82) is 0 Å². The van der Waals surface area contributed by atoms with Gasteiger partial charge in [-0.25, -0.2) is 4.79 Å². The van der Waals surface area contributed by atoms with Gasteiger partial charge >= 0.3 is 5.97 Å². The van der Waals surface area contributed by atoms with Gasteiger partial charge in [-0.1, -0.05) is 19.8 Å². The van der Waals surface area contributed by atoms with Crippen LogP contribution in [0.25, 0.3) is 0 Å². The Kier molecular flexibility index (Phi) is 5.34. The Morgan fingerprint density at radius 1 is 1.61 bits per heavy atom. The third-order valence-corrected chi connectivity index (χ3v) is 2.63. The van der Waals surface area contributed by atoms with Crippen LogP contribution in [0.15, 0.2) is 18.3 Å². The third kappa shape index (κ3) is 3.57. The third-order valence-electron chi connectivity index (χ3n) is 2.63. The quantitative estimate of drug-likeness (QED) is 0.633. The lowest BCUT2D eigenvalue weighted by Crippen LogP contribution is -2.32. The average molecular weight is 246 g/mol. The van der Waals surface area contributed by atoms with Gasteiger partial charge in [0.15, 0.2) is 0 Å². The lowest BCUT2D eigenvalue weighted by molar-refractivity contribution is 0.0598. The Balaban J connectivity index is 2.79. The van der Waals surface area contributed by atoms with E-state index >= 15 is 0 Å². The van der Waals surface area contributed by atoms with E-state index < -0.39 is 0 Å². The number of terminal acetylenes is 1. The minimum atomic E-state index is -0.387. The van der Waals surface area contributed by atoms with E-state index in [1.54, 1.807) is 18.3 Å². The lowest BCUT2D eigenvalue weighted by atomic mass is 10.1. The van der Waals surface area contributed by atoms with Gasteiger partial charge in [0.2, 0.25) is 0 Å². The molecule has 0 bridgehead atoms. The van der Waals surface area contributed by atoms with Gasteiger partial charge in [-0.3, -0.25) is 10.3 Å². The zero-order valence-corrected chi connectivity index (χ0v) is 10.9. The molecule has 0 spiro atoms. The topological polar surface area (TPSA) is 51.2 Å². The molecule has 1 aromatic rings. The second-order valence-electron chi connectivity index (χ2n) is 4.26. The molecule has 1 N–H and O–H groups in total. The van der Waals surface area contributed by atoms with E-state index in [2.05, 4.69) is 16.2 Å². The smallest absolute Gasteiger partial charge is 0.339 e. The first kappa shape index (κ1) is 14.2. The van der Waals surface area contributed by atoms with Gasteiger partial charge in [0.1, 0.15) is 0 Å². The number of carbonyl (C=O) groups is 1. The minimum absolute atomic E-state index is 0.0440. The van der Waals surface area contributed by atoms with Crippen LogP contribution in [-0.4, -0.2) is 24.1 Å². The van der Waals surface area contributed by atoms with Crippen LogP contribution in [0.3, 0.4) is 0 Å². The zero-order chi connectivity index (χ0) is 13.5. The summed E-state index contributed by atoms with van der Waals surface area (Å²) in [6.45, 7) is 4.52. The molecule has 0 saturated carbocycles. The second-order valence-corrected chi connectivity index (χ2v) is 4.26. The molecule has 1 aromatic heterocycles. The summed E-state index contributed by atoms with van der Waals surface area (Å²) < 4.78 is 4.71.